The highest BCUT2D eigenvalue weighted by molar-refractivity contribution is 5.77. The highest BCUT2D eigenvalue weighted by Crippen LogP contribution is 2.28. The Labute approximate surface area is 204 Å². The fourth-order valence-corrected chi connectivity index (χ4v) is 3.47. The van der Waals surface area contributed by atoms with Crippen molar-refractivity contribution in [2.24, 2.45) is 5.16 Å². The van der Waals surface area contributed by atoms with E-state index in [9.17, 15) is 0 Å². The van der Waals surface area contributed by atoms with Crippen molar-refractivity contribution >= 4 is 6.21 Å². The fourth-order valence-electron chi connectivity index (χ4n) is 3.47. The number of rotatable bonds is 17. The van der Waals surface area contributed by atoms with Crippen molar-refractivity contribution in [3.8, 4) is 17.5 Å². The Bertz CT molecular complexity index is 859. The summed E-state index contributed by atoms with van der Waals surface area (Å²) in [4.78, 5) is 12.9. The molecule has 0 fully saturated rings. The molecular formula is C27H39N3O4. The van der Waals surface area contributed by atoms with Crippen molar-refractivity contribution in [1.82, 2.24) is 9.97 Å². The van der Waals surface area contributed by atoms with Crippen LogP contribution < -0.4 is 14.2 Å². The Hall–Kier alpha value is -3.09. The highest BCUT2D eigenvalue weighted by Gasteiger charge is 2.07. The number of unbranched alkanes of at least 4 members (excludes halogenated alkanes) is 6. The van der Waals surface area contributed by atoms with Crippen LogP contribution in [0, 0.1) is 13.8 Å². The first-order valence-electron chi connectivity index (χ1n) is 12.1. The number of allylic oxidation sites excluding steroid dienone is 1. The molecule has 0 amide bonds. The molecule has 186 valence electrons. The van der Waals surface area contributed by atoms with E-state index in [1.807, 2.05) is 19.1 Å². The number of ether oxygens (including phenoxy) is 3. The quantitative estimate of drug-likeness (QED) is 0.119. The van der Waals surface area contributed by atoms with Crippen LogP contribution in [0.1, 0.15) is 68.6 Å². The van der Waals surface area contributed by atoms with E-state index in [0.717, 1.165) is 54.1 Å². The summed E-state index contributed by atoms with van der Waals surface area (Å²) in [7, 11) is 1.50. The van der Waals surface area contributed by atoms with E-state index in [0.29, 0.717) is 19.2 Å². The molecule has 0 aliphatic heterocycles. The molecule has 0 unspecified atom stereocenters. The monoisotopic (exact) mass is 469 g/mol. The topological polar surface area (TPSA) is 75.1 Å². The first-order valence-corrected chi connectivity index (χ1v) is 12.1. The lowest BCUT2D eigenvalue weighted by Gasteiger charge is -2.14. The first-order chi connectivity index (χ1) is 16.6. The molecule has 7 nitrogen and oxygen atoms in total. The van der Waals surface area contributed by atoms with Crippen molar-refractivity contribution in [2.45, 2.75) is 65.7 Å². The van der Waals surface area contributed by atoms with Gasteiger partial charge in [-0.1, -0.05) is 49.4 Å². The molecule has 0 atom stereocenters. The summed E-state index contributed by atoms with van der Waals surface area (Å²) in [5, 5.41) is 3.67. The Kier molecular flexibility index (Phi) is 13.2. The molecule has 0 saturated carbocycles. The minimum atomic E-state index is 0.399. The average Bonchev–Trinajstić information content (AvgIpc) is 2.83. The first kappa shape index (κ1) is 27.2. The van der Waals surface area contributed by atoms with Crippen LogP contribution in [-0.2, 0) is 4.84 Å². The molecule has 7 heteroatoms. The standard InChI is InChI=1S/C27H39N3O4/c1-5-6-14-32-25-17-22(2)26(23(3)18-25)33-15-12-10-8-7-9-11-13-16-34-27-28-19-24(20-29-27)21-30-31-4/h5-6,17-21H,7-16H2,1-4H3/b6-5+,30-21+. The van der Waals surface area contributed by atoms with Crippen molar-refractivity contribution in [3.63, 3.8) is 0 Å². The molecule has 0 spiro atoms. The average molecular weight is 470 g/mol. The predicted molar refractivity (Wildman–Crippen MR) is 136 cm³/mol. The Morgan fingerprint density at radius 3 is 2.00 bits per heavy atom. The molecular weight excluding hydrogens is 430 g/mol. The van der Waals surface area contributed by atoms with Crippen LogP contribution in [0.5, 0.6) is 17.5 Å². The molecule has 0 saturated heterocycles. The SMILES string of the molecule is C/C=C/COc1cc(C)c(OCCCCCCCCCOc2ncc(/C=N/OC)cn2)c(C)c1. The lowest BCUT2D eigenvalue weighted by Crippen LogP contribution is -2.02. The number of aromatic nitrogens is 2. The summed E-state index contributed by atoms with van der Waals surface area (Å²) >= 11 is 0. The van der Waals surface area contributed by atoms with Crippen molar-refractivity contribution in [1.29, 1.82) is 0 Å². The molecule has 1 aromatic heterocycles. The van der Waals surface area contributed by atoms with Crippen LogP contribution in [0.15, 0.2) is 41.8 Å². The van der Waals surface area contributed by atoms with Gasteiger partial charge in [0, 0.05) is 18.0 Å². The number of hydrogen-bond acceptors (Lipinski definition) is 7. The van der Waals surface area contributed by atoms with E-state index in [1.54, 1.807) is 18.6 Å². The van der Waals surface area contributed by atoms with Crippen LogP contribution >= 0.6 is 0 Å². The summed E-state index contributed by atoms with van der Waals surface area (Å²) in [5.74, 6) is 1.88. The third kappa shape index (κ3) is 10.7. The fraction of sp³-hybridized carbons (Fsp3) is 0.519. The van der Waals surface area contributed by atoms with Gasteiger partial charge in [0.1, 0.15) is 25.2 Å². The van der Waals surface area contributed by atoms with E-state index >= 15 is 0 Å². The lowest BCUT2D eigenvalue weighted by atomic mass is 10.1. The zero-order valence-electron chi connectivity index (χ0n) is 21.1. The molecule has 1 heterocycles. The minimum absolute atomic E-state index is 0.399. The van der Waals surface area contributed by atoms with Gasteiger partial charge < -0.3 is 19.0 Å². The van der Waals surface area contributed by atoms with Gasteiger partial charge >= 0.3 is 6.01 Å². The second kappa shape index (κ2) is 16.5. The molecule has 2 rings (SSSR count). The second-order valence-corrected chi connectivity index (χ2v) is 8.15. The maximum Gasteiger partial charge on any atom is 0.316 e. The largest absolute Gasteiger partial charge is 0.493 e. The summed E-state index contributed by atoms with van der Waals surface area (Å²) in [6.45, 7) is 8.13. The number of aryl methyl sites for hydroxylation is 2. The third-order valence-corrected chi connectivity index (χ3v) is 5.24. The molecule has 0 aliphatic rings. The zero-order chi connectivity index (χ0) is 24.4. The molecule has 34 heavy (non-hydrogen) atoms. The van der Waals surface area contributed by atoms with Gasteiger partial charge in [0.2, 0.25) is 0 Å². The van der Waals surface area contributed by atoms with Gasteiger partial charge in [-0.2, -0.15) is 0 Å². The van der Waals surface area contributed by atoms with E-state index in [2.05, 4.69) is 45.9 Å². The summed E-state index contributed by atoms with van der Waals surface area (Å²) < 4.78 is 17.4. The van der Waals surface area contributed by atoms with Crippen LogP contribution in [-0.4, -0.2) is 43.1 Å². The van der Waals surface area contributed by atoms with Crippen LogP contribution in [0.2, 0.25) is 0 Å². The van der Waals surface area contributed by atoms with Crippen LogP contribution in [0.25, 0.3) is 0 Å². The van der Waals surface area contributed by atoms with E-state index in [1.165, 1.54) is 32.8 Å². The number of nitrogens with zero attached hydrogens (tertiary/aromatic N) is 3. The number of benzene rings is 1. The summed E-state index contributed by atoms with van der Waals surface area (Å²) in [6, 6.07) is 4.50. The van der Waals surface area contributed by atoms with Gasteiger partial charge in [0.25, 0.3) is 0 Å². The van der Waals surface area contributed by atoms with E-state index < -0.39 is 0 Å². The van der Waals surface area contributed by atoms with Crippen molar-refractivity contribution in [3.05, 3.63) is 53.4 Å². The van der Waals surface area contributed by atoms with Gasteiger partial charge in [0.05, 0.1) is 19.4 Å². The number of hydrogen-bond donors (Lipinski definition) is 0. The minimum Gasteiger partial charge on any atom is -0.493 e. The van der Waals surface area contributed by atoms with Crippen molar-refractivity contribution < 1.29 is 19.0 Å². The van der Waals surface area contributed by atoms with Gasteiger partial charge in [-0.05, 0) is 56.9 Å². The predicted octanol–water partition coefficient (Wildman–Crippen LogP) is 6.22. The molecule has 1 aromatic carbocycles. The van der Waals surface area contributed by atoms with Gasteiger partial charge in [-0.25, -0.2) is 9.97 Å². The smallest absolute Gasteiger partial charge is 0.316 e. The maximum atomic E-state index is 6.07. The third-order valence-electron chi connectivity index (χ3n) is 5.24. The molecule has 0 radical (unpaired) electrons. The van der Waals surface area contributed by atoms with Gasteiger partial charge in [-0.15, -0.1) is 0 Å². The van der Waals surface area contributed by atoms with Crippen LogP contribution in [0.3, 0.4) is 0 Å². The van der Waals surface area contributed by atoms with Gasteiger partial charge in [0.15, 0.2) is 0 Å². The molecule has 0 N–H and O–H groups in total. The van der Waals surface area contributed by atoms with Crippen molar-refractivity contribution in [2.75, 3.05) is 26.9 Å². The lowest BCUT2D eigenvalue weighted by molar-refractivity contribution is 0.215. The van der Waals surface area contributed by atoms with E-state index in [4.69, 9.17) is 14.2 Å². The van der Waals surface area contributed by atoms with Crippen LogP contribution in [0.4, 0.5) is 0 Å². The molecule has 0 aliphatic carbocycles. The summed E-state index contributed by atoms with van der Waals surface area (Å²) in [5.41, 5.74) is 3.02. The molecule has 0 bridgehead atoms. The highest BCUT2D eigenvalue weighted by atomic mass is 16.6. The van der Waals surface area contributed by atoms with Gasteiger partial charge in [-0.3, -0.25) is 0 Å². The normalized spacial score (nSPS) is 11.3. The Balaban J connectivity index is 1.49. The summed E-state index contributed by atoms with van der Waals surface area (Å²) in [6.07, 6.45) is 17.0. The second-order valence-electron chi connectivity index (χ2n) is 8.15. The van der Waals surface area contributed by atoms with E-state index in [-0.39, 0.29) is 0 Å². The zero-order valence-corrected chi connectivity index (χ0v) is 21.1. The molecule has 2 aromatic rings. The maximum absolute atomic E-state index is 6.07. The number of oxime groups is 1. The Morgan fingerprint density at radius 1 is 0.824 bits per heavy atom. The Morgan fingerprint density at radius 2 is 1.41 bits per heavy atom.